The summed E-state index contributed by atoms with van der Waals surface area (Å²) in [4.78, 5) is 33.6. The van der Waals surface area contributed by atoms with Gasteiger partial charge in [-0.2, -0.15) is 0 Å². The normalized spacial score (nSPS) is 30.5. The first-order valence-corrected chi connectivity index (χ1v) is 5.68. The molecule has 0 radical (unpaired) electrons. The van der Waals surface area contributed by atoms with E-state index in [0.717, 1.165) is 12.8 Å². The molecule has 3 rings (SSSR count). The summed E-state index contributed by atoms with van der Waals surface area (Å²) in [5.74, 6) is -5.79. The maximum Gasteiger partial charge on any atom is 0.325 e. The number of carbonyl (C=O) groups excluding carboxylic acids is 1. The smallest absolute Gasteiger partial charge is 0.325 e. The molecular formula is C12H14O5. The van der Waals surface area contributed by atoms with Crippen LogP contribution in [0.3, 0.4) is 0 Å². The molecule has 3 atom stereocenters. The number of fused-ring (bicyclic) bond motifs is 2. The van der Waals surface area contributed by atoms with Crippen molar-refractivity contribution in [2.24, 2.45) is 23.7 Å². The molecule has 1 saturated carbocycles. The number of Topliss-reactive ketones (excluding diaryl/α,β-unsaturated/α-hetero) is 1. The summed E-state index contributed by atoms with van der Waals surface area (Å²) in [6, 6.07) is 0. The predicted molar refractivity (Wildman–Crippen MR) is 57.2 cm³/mol. The van der Waals surface area contributed by atoms with Crippen LogP contribution in [-0.2, 0) is 14.4 Å². The fraction of sp³-hybridized carbons (Fsp3) is 0.583. The van der Waals surface area contributed by atoms with Gasteiger partial charge in [0, 0.05) is 5.92 Å². The van der Waals surface area contributed by atoms with E-state index in [1.54, 1.807) is 0 Å². The number of ketones is 1. The number of carboxylic acids is 2. The lowest BCUT2D eigenvalue weighted by atomic mass is 9.66. The third kappa shape index (κ3) is 2.09. The summed E-state index contributed by atoms with van der Waals surface area (Å²) in [7, 11) is 0. The Morgan fingerprint density at radius 1 is 1.06 bits per heavy atom. The van der Waals surface area contributed by atoms with Gasteiger partial charge in [-0.05, 0) is 31.1 Å². The first-order chi connectivity index (χ1) is 8.00. The number of rotatable bonds is 4. The van der Waals surface area contributed by atoms with Crippen molar-refractivity contribution >= 4 is 17.7 Å². The van der Waals surface area contributed by atoms with Crippen LogP contribution in [0.4, 0.5) is 0 Å². The first-order valence-electron chi connectivity index (χ1n) is 5.68. The minimum atomic E-state index is -1.91. The van der Waals surface area contributed by atoms with Crippen LogP contribution in [0.25, 0.3) is 0 Å². The summed E-state index contributed by atoms with van der Waals surface area (Å²) in [5, 5.41) is 17.6. The first kappa shape index (κ1) is 11.8. The highest BCUT2D eigenvalue weighted by molar-refractivity contribution is 6.14. The molecule has 17 heavy (non-hydrogen) atoms. The van der Waals surface area contributed by atoms with Gasteiger partial charge in [0.15, 0.2) is 5.78 Å². The Balaban J connectivity index is 2.17. The van der Waals surface area contributed by atoms with Crippen LogP contribution in [0, 0.1) is 23.7 Å². The number of allylic oxidation sites excluding steroid dienone is 2. The Morgan fingerprint density at radius 2 is 1.71 bits per heavy atom. The van der Waals surface area contributed by atoms with Crippen molar-refractivity contribution in [1.82, 2.24) is 0 Å². The molecule has 0 aromatic carbocycles. The molecule has 5 heteroatoms. The van der Waals surface area contributed by atoms with Crippen molar-refractivity contribution in [3.8, 4) is 0 Å². The van der Waals surface area contributed by atoms with Crippen LogP contribution in [0.2, 0.25) is 0 Å². The zero-order chi connectivity index (χ0) is 12.6. The lowest BCUT2D eigenvalue weighted by Gasteiger charge is -2.37. The van der Waals surface area contributed by atoms with Crippen LogP contribution in [0.1, 0.15) is 19.3 Å². The molecule has 0 amide bonds. The Hall–Kier alpha value is -1.65. The molecule has 0 heterocycles. The molecular weight excluding hydrogens is 224 g/mol. The Bertz CT molecular complexity index is 384. The van der Waals surface area contributed by atoms with Gasteiger partial charge in [0.2, 0.25) is 5.92 Å². The highest BCUT2D eigenvalue weighted by atomic mass is 16.4. The highest BCUT2D eigenvalue weighted by Gasteiger charge is 2.44. The average Bonchev–Trinajstić information content (AvgIpc) is 2.29. The van der Waals surface area contributed by atoms with Gasteiger partial charge in [-0.15, -0.1) is 0 Å². The second-order valence-electron chi connectivity index (χ2n) is 4.74. The molecule has 2 bridgehead atoms. The second kappa shape index (κ2) is 4.31. The Kier molecular flexibility index (Phi) is 3.00. The molecule has 92 valence electrons. The number of carboxylic acid groups (broad SMARTS) is 2. The van der Waals surface area contributed by atoms with Crippen molar-refractivity contribution in [2.45, 2.75) is 19.3 Å². The molecule has 3 aliphatic rings. The van der Waals surface area contributed by atoms with E-state index < -0.39 is 29.6 Å². The predicted octanol–water partition coefficient (Wildman–Crippen LogP) is 0.943. The summed E-state index contributed by atoms with van der Waals surface area (Å²) >= 11 is 0. The molecule has 3 unspecified atom stereocenters. The SMILES string of the molecule is O=C(O)C(C(=O)O)C(=O)C1CC2C=CC1CC2. The molecule has 5 nitrogen and oxygen atoms in total. The molecule has 0 aliphatic heterocycles. The molecule has 3 aliphatic carbocycles. The number of carbonyl (C=O) groups is 3. The monoisotopic (exact) mass is 238 g/mol. The molecule has 2 N–H and O–H groups in total. The van der Waals surface area contributed by atoms with E-state index in [1.165, 1.54) is 0 Å². The number of hydrogen-bond acceptors (Lipinski definition) is 3. The third-order valence-corrected chi connectivity index (χ3v) is 3.72. The van der Waals surface area contributed by atoms with Crippen LogP contribution >= 0.6 is 0 Å². The molecule has 0 spiro atoms. The number of aliphatic carboxylic acids is 2. The van der Waals surface area contributed by atoms with Crippen molar-refractivity contribution < 1.29 is 24.6 Å². The van der Waals surface area contributed by atoms with Gasteiger partial charge in [-0.3, -0.25) is 14.4 Å². The molecule has 0 aromatic heterocycles. The van der Waals surface area contributed by atoms with Crippen LogP contribution < -0.4 is 0 Å². The van der Waals surface area contributed by atoms with E-state index in [9.17, 15) is 14.4 Å². The van der Waals surface area contributed by atoms with Gasteiger partial charge in [-0.25, -0.2) is 0 Å². The van der Waals surface area contributed by atoms with Gasteiger partial charge in [0.25, 0.3) is 0 Å². The van der Waals surface area contributed by atoms with Crippen molar-refractivity contribution in [3.63, 3.8) is 0 Å². The molecule has 0 aromatic rings. The summed E-state index contributed by atoms with van der Waals surface area (Å²) in [6.07, 6.45) is 6.44. The summed E-state index contributed by atoms with van der Waals surface area (Å²) < 4.78 is 0. The maximum atomic E-state index is 12.0. The minimum Gasteiger partial charge on any atom is -0.480 e. The molecule has 0 saturated heterocycles. The van der Waals surface area contributed by atoms with Crippen molar-refractivity contribution in [3.05, 3.63) is 12.2 Å². The van der Waals surface area contributed by atoms with Gasteiger partial charge in [0.1, 0.15) is 0 Å². The van der Waals surface area contributed by atoms with Crippen LogP contribution in [0.15, 0.2) is 12.2 Å². The van der Waals surface area contributed by atoms with E-state index in [2.05, 4.69) is 6.08 Å². The topological polar surface area (TPSA) is 91.7 Å². The van der Waals surface area contributed by atoms with E-state index in [4.69, 9.17) is 10.2 Å². The van der Waals surface area contributed by atoms with Gasteiger partial charge >= 0.3 is 11.9 Å². The maximum absolute atomic E-state index is 12.0. The minimum absolute atomic E-state index is 0.0219. The van der Waals surface area contributed by atoms with E-state index >= 15 is 0 Å². The Labute approximate surface area is 98.1 Å². The van der Waals surface area contributed by atoms with Gasteiger partial charge in [-0.1, -0.05) is 12.2 Å². The van der Waals surface area contributed by atoms with Crippen LogP contribution in [0.5, 0.6) is 0 Å². The van der Waals surface area contributed by atoms with Crippen molar-refractivity contribution in [1.29, 1.82) is 0 Å². The highest BCUT2D eigenvalue weighted by Crippen LogP contribution is 2.41. The lowest BCUT2D eigenvalue weighted by molar-refractivity contribution is -0.159. The fourth-order valence-corrected chi connectivity index (χ4v) is 2.82. The zero-order valence-electron chi connectivity index (χ0n) is 9.20. The standard InChI is InChI=1S/C12H14O5/c13-10(9(11(14)15)12(16)17)8-5-6-1-3-7(8)4-2-6/h1,3,6-9H,2,4-5H2,(H,14,15)(H,16,17). The summed E-state index contributed by atoms with van der Waals surface area (Å²) in [6.45, 7) is 0. The largest absolute Gasteiger partial charge is 0.480 e. The quantitative estimate of drug-likeness (QED) is 0.561. The third-order valence-electron chi connectivity index (χ3n) is 3.72. The van der Waals surface area contributed by atoms with E-state index in [1.807, 2.05) is 6.08 Å². The van der Waals surface area contributed by atoms with Gasteiger partial charge < -0.3 is 10.2 Å². The lowest BCUT2D eigenvalue weighted by Crippen LogP contribution is -2.41. The van der Waals surface area contributed by atoms with Crippen molar-refractivity contribution in [2.75, 3.05) is 0 Å². The molecule has 1 fully saturated rings. The van der Waals surface area contributed by atoms with Gasteiger partial charge in [0.05, 0.1) is 0 Å². The van der Waals surface area contributed by atoms with E-state index in [-0.39, 0.29) is 5.92 Å². The Morgan fingerprint density at radius 3 is 2.06 bits per heavy atom. The van der Waals surface area contributed by atoms with Crippen LogP contribution in [-0.4, -0.2) is 27.9 Å². The summed E-state index contributed by atoms with van der Waals surface area (Å²) in [5.41, 5.74) is 0. The zero-order valence-corrected chi connectivity index (χ0v) is 9.20. The number of hydrogen-bond donors (Lipinski definition) is 2. The fourth-order valence-electron chi connectivity index (χ4n) is 2.82. The average molecular weight is 238 g/mol. The second-order valence-corrected chi connectivity index (χ2v) is 4.74. The van der Waals surface area contributed by atoms with E-state index in [0.29, 0.717) is 12.3 Å².